The lowest BCUT2D eigenvalue weighted by Crippen LogP contribution is -2.59. The van der Waals surface area contributed by atoms with Gasteiger partial charge >= 0.3 is 0 Å². The quantitative estimate of drug-likeness (QED) is 0.790. The van der Waals surface area contributed by atoms with Gasteiger partial charge in [0.25, 0.3) is 0 Å². The molecule has 0 spiro atoms. The van der Waals surface area contributed by atoms with E-state index < -0.39 is 0 Å². The number of rotatable bonds is 3. The maximum atomic E-state index is 6.26. The van der Waals surface area contributed by atoms with Gasteiger partial charge in [0.05, 0.1) is 24.5 Å². The zero-order valence-corrected chi connectivity index (χ0v) is 18.0. The van der Waals surface area contributed by atoms with Gasteiger partial charge in [-0.05, 0) is 49.1 Å². The summed E-state index contributed by atoms with van der Waals surface area (Å²) in [4.78, 5) is 9.72. The second-order valence-electron chi connectivity index (χ2n) is 9.07. The van der Waals surface area contributed by atoms with E-state index in [-0.39, 0.29) is 0 Å². The number of hydrogen-bond donors (Lipinski definition) is 2. The Morgan fingerprint density at radius 3 is 2.81 bits per heavy atom. The molecule has 0 radical (unpaired) electrons. The van der Waals surface area contributed by atoms with Crippen molar-refractivity contribution in [3.8, 4) is 5.75 Å². The lowest BCUT2D eigenvalue weighted by Gasteiger charge is -2.43. The highest BCUT2D eigenvalue weighted by molar-refractivity contribution is 5.73. The van der Waals surface area contributed by atoms with Crippen LogP contribution >= 0.6 is 0 Å². The molecule has 2 N–H and O–H groups in total. The summed E-state index contributed by atoms with van der Waals surface area (Å²) in [7, 11) is 0. The first-order valence-electron chi connectivity index (χ1n) is 11.6. The van der Waals surface area contributed by atoms with Gasteiger partial charge in [-0.25, -0.2) is 4.98 Å². The summed E-state index contributed by atoms with van der Waals surface area (Å²) in [6.07, 6.45) is 4.43. The number of fused-ring (bicyclic) bond motifs is 2. The van der Waals surface area contributed by atoms with Crippen LogP contribution in [0.5, 0.6) is 5.75 Å². The van der Waals surface area contributed by atoms with Crippen molar-refractivity contribution in [1.29, 1.82) is 0 Å². The molecule has 1 unspecified atom stereocenters. The number of hydrogen-bond acceptors (Lipinski definition) is 7. The van der Waals surface area contributed by atoms with E-state index in [0.29, 0.717) is 12.5 Å². The molecule has 0 bridgehead atoms. The maximum absolute atomic E-state index is 6.26. The molecule has 1 aromatic carbocycles. The summed E-state index contributed by atoms with van der Waals surface area (Å²) in [6.45, 7) is 8.54. The van der Waals surface area contributed by atoms with Gasteiger partial charge < -0.3 is 25.0 Å². The van der Waals surface area contributed by atoms with Crippen molar-refractivity contribution < 1.29 is 9.47 Å². The van der Waals surface area contributed by atoms with Gasteiger partial charge in [-0.15, -0.1) is 0 Å². The molecule has 2 aromatic rings. The first-order valence-corrected chi connectivity index (χ1v) is 11.6. The molecule has 4 aliphatic rings. The van der Waals surface area contributed by atoms with Crippen molar-refractivity contribution in [2.45, 2.75) is 31.4 Å². The zero-order valence-electron chi connectivity index (χ0n) is 18.0. The van der Waals surface area contributed by atoms with E-state index in [0.717, 1.165) is 74.8 Å². The number of nitrogens with one attached hydrogen (secondary N) is 2. The standard InChI is InChI=1S/C24H31N5O2/c1-2-18(15-29(7-1)19-13-25-14-19)17-3-4-23-21(12-17)27-24-20(16-31-23)22(5-6-26-24)28-8-10-30-11-9-28/h3-6,12,18-19,25H,1-2,7-11,13-16H2,(H,26,27). The summed E-state index contributed by atoms with van der Waals surface area (Å²) in [5.74, 6) is 2.40. The molecular formula is C24H31N5O2. The third-order valence-corrected chi connectivity index (χ3v) is 7.21. The predicted molar refractivity (Wildman–Crippen MR) is 122 cm³/mol. The van der Waals surface area contributed by atoms with Gasteiger partial charge in [0, 0.05) is 50.6 Å². The lowest BCUT2D eigenvalue weighted by atomic mass is 9.89. The van der Waals surface area contributed by atoms with Gasteiger partial charge in [0.15, 0.2) is 0 Å². The van der Waals surface area contributed by atoms with Crippen LogP contribution in [0.4, 0.5) is 17.2 Å². The van der Waals surface area contributed by atoms with Crippen LogP contribution in [0.25, 0.3) is 0 Å². The average molecular weight is 422 g/mol. The van der Waals surface area contributed by atoms with Crippen LogP contribution in [0, 0.1) is 0 Å². The molecule has 6 rings (SSSR count). The van der Waals surface area contributed by atoms with Crippen molar-refractivity contribution in [2.24, 2.45) is 0 Å². The molecule has 1 aromatic heterocycles. The topological polar surface area (TPSA) is 61.9 Å². The number of benzene rings is 1. The molecule has 7 heteroatoms. The average Bonchev–Trinajstić information content (AvgIpc) is 2.97. The van der Waals surface area contributed by atoms with Crippen LogP contribution in [-0.4, -0.2) is 68.4 Å². The Kier molecular flexibility index (Phi) is 5.18. The summed E-state index contributed by atoms with van der Waals surface area (Å²) in [5, 5.41) is 7.01. The van der Waals surface area contributed by atoms with Crippen LogP contribution in [0.2, 0.25) is 0 Å². The predicted octanol–water partition coefficient (Wildman–Crippen LogP) is 2.71. The van der Waals surface area contributed by atoms with E-state index in [4.69, 9.17) is 9.47 Å². The first kappa shape index (κ1) is 19.3. The third kappa shape index (κ3) is 3.75. The third-order valence-electron chi connectivity index (χ3n) is 7.21. The summed E-state index contributed by atoms with van der Waals surface area (Å²) >= 11 is 0. The number of morpholine rings is 1. The van der Waals surface area contributed by atoms with E-state index in [9.17, 15) is 0 Å². The lowest BCUT2D eigenvalue weighted by molar-refractivity contribution is 0.110. The van der Waals surface area contributed by atoms with Crippen molar-refractivity contribution in [1.82, 2.24) is 15.2 Å². The van der Waals surface area contributed by atoms with Crippen LogP contribution in [0.15, 0.2) is 30.5 Å². The van der Waals surface area contributed by atoms with Crippen molar-refractivity contribution >= 4 is 17.2 Å². The molecule has 0 amide bonds. The first-order chi connectivity index (χ1) is 15.3. The Hall–Kier alpha value is -2.35. The van der Waals surface area contributed by atoms with Gasteiger partial charge in [-0.1, -0.05) is 6.07 Å². The number of ether oxygens (including phenoxy) is 2. The molecule has 3 saturated heterocycles. The highest BCUT2D eigenvalue weighted by atomic mass is 16.5. The molecule has 1 atom stereocenters. The molecular weight excluding hydrogens is 390 g/mol. The Bertz CT molecular complexity index is 942. The smallest absolute Gasteiger partial charge is 0.143 e. The van der Waals surface area contributed by atoms with Crippen LogP contribution in [0.1, 0.15) is 29.9 Å². The van der Waals surface area contributed by atoms with Gasteiger partial charge in [-0.3, -0.25) is 4.90 Å². The van der Waals surface area contributed by atoms with Crippen LogP contribution in [0.3, 0.4) is 0 Å². The Morgan fingerprint density at radius 2 is 1.97 bits per heavy atom. The maximum Gasteiger partial charge on any atom is 0.143 e. The second-order valence-corrected chi connectivity index (χ2v) is 9.07. The summed E-state index contributed by atoms with van der Waals surface area (Å²) in [6, 6.07) is 9.52. The van der Waals surface area contributed by atoms with Gasteiger partial charge in [0.1, 0.15) is 18.2 Å². The number of likely N-dealkylation sites (tertiary alicyclic amines) is 1. The molecule has 0 aliphatic carbocycles. The minimum atomic E-state index is 0.529. The zero-order chi connectivity index (χ0) is 20.6. The fraction of sp³-hybridized carbons (Fsp3) is 0.542. The van der Waals surface area contributed by atoms with Gasteiger partial charge in [0.2, 0.25) is 0 Å². The number of piperidine rings is 1. The minimum Gasteiger partial charge on any atom is -0.487 e. The summed E-state index contributed by atoms with van der Waals surface area (Å²) in [5.41, 5.74) is 4.76. The fourth-order valence-electron chi connectivity index (χ4n) is 5.28. The van der Waals surface area contributed by atoms with Crippen LogP contribution < -0.4 is 20.3 Å². The van der Waals surface area contributed by atoms with Crippen molar-refractivity contribution in [3.63, 3.8) is 0 Å². The van der Waals surface area contributed by atoms with E-state index >= 15 is 0 Å². The number of aromatic nitrogens is 1. The molecule has 4 aliphatic heterocycles. The molecule has 5 heterocycles. The second kappa shape index (κ2) is 8.30. The monoisotopic (exact) mass is 421 g/mol. The minimum absolute atomic E-state index is 0.529. The highest BCUT2D eigenvalue weighted by Crippen LogP contribution is 2.39. The molecule has 3 fully saturated rings. The number of anilines is 3. The van der Waals surface area contributed by atoms with Crippen molar-refractivity contribution in [3.05, 3.63) is 41.6 Å². The van der Waals surface area contributed by atoms with Crippen molar-refractivity contribution in [2.75, 3.05) is 62.7 Å². The fourth-order valence-corrected chi connectivity index (χ4v) is 5.28. The molecule has 31 heavy (non-hydrogen) atoms. The number of nitrogens with zero attached hydrogens (tertiary/aromatic N) is 3. The Balaban J connectivity index is 1.25. The van der Waals surface area contributed by atoms with E-state index in [1.54, 1.807) is 0 Å². The number of pyridine rings is 1. The van der Waals surface area contributed by atoms with E-state index in [2.05, 4.69) is 49.7 Å². The highest BCUT2D eigenvalue weighted by Gasteiger charge is 2.30. The normalized spacial score (nSPS) is 24.3. The Labute approximate surface area is 183 Å². The molecule has 0 saturated carbocycles. The molecule has 7 nitrogen and oxygen atoms in total. The Morgan fingerprint density at radius 1 is 1.06 bits per heavy atom. The SMILES string of the molecule is c1cc(N2CCOCC2)c2c(n1)Nc1cc(C3CCCN(C4CNC4)C3)ccc1OC2. The summed E-state index contributed by atoms with van der Waals surface area (Å²) < 4.78 is 11.8. The van der Waals surface area contributed by atoms with E-state index in [1.165, 1.54) is 30.6 Å². The van der Waals surface area contributed by atoms with E-state index in [1.807, 2.05) is 6.20 Å². The largest absolute Gasteiger partial charge is 0.487 e. The van der Waals surface area contributed by atoms with Crippen LogP contribution in [-0.2, 0) is 11.3 Å². The van der Waals surface area contributed by atoms with Gasteiger partial charge in [-0.2, -0.15) is 0 Å². The molecule has 164 valence electrons.